The predicted molar refractivity (Wildman–Crippen MR) is 117 cm³/mol. The molecular formula is C23H23ClN4O. The number of para-hydroxylation sites is 1. The van der Waals surface area contributed by atoms with Crippen molar-refractivity contribution in [3.05, 3.63) is 59.8 Å². The van der Waals surface area contributed by atoms with Gasteiger partial charge in [0.15, 0.2) is 0 Å². The molecule has 29 heavy (non-hydrogen) atoms. The fourth-order valence-electron chi connectivity index (χ4n) is 3.97. The molecule has 2 aromatic heterocycles. The Kier molecular flexibility index (Phi) is 4.86. The van der Waals surface area contributed by atoms with Crippen LogP contribution < -0.4 is 4.74 Å². The van der Waals surface area contributed by atoms with Crippen LogP contribution in [0.15, 0.2) is 54.7 Å². The molecule has 0 unspecified atom stereocenters. The number of aromatic nitrogens is 3. The van der Waals surface area contributed by atoms with Gasteiger partial charge in [0, 0.05) is 16.6 Å². The van der Waals surface area contributed by atoms with Crippen LogP contribution >= 0.6 is 11.6 Å². The normalized spacial score (nSPS) is 15.9. The van der Waals surface area contributed by atoms with Crippen LogP contribution in [0, 0.1) is 5.92 Å². The lowest BCUT2D eigenvalue weighted by molar-refractivity contribution is 0.156. The first-order valence-electron chi connectivity index (χ1n) is 10.0. The third-order valence-electron chi connectivity index (χ3n) is 5.73. The Morgan fingerprint density at radius 1 is 1.03 bits per heavy atom. The number of halogens is 1. The summed E-state index contributed by atoms with van der Waals surface area (Å²) in [5.74, 6) is 1.31. The van der Waals surface area contributed by atoms with Crippen LogP contribution in [0.4, 0.5) is 0 Å². The highest BCUT2D eigenvalue weighted by Gasteiger charge is 2.21. The Balaban J connectivity index is 1.58. The summed E-state index contributed by atoms with van der Waals surface area (Å²) < 4.78 is 8.29. The maximum atomic E-state index is 6.41. The number of nitrogens with zero attached hydrogens (tertiary/aromatic N) is 4. The molecule has 0 bridgehead atoms. The lowest BCUT2D eigenvalue weighted by Gasteiger charge is -2.28. The van der Waals surface area contributed by atoms with E-state index < -0.39 is 0 Å². The summed E-state index contributed by atoms with van der Waals surface area (Å²) in [7, 11) is 2.18. The van der Waals surface area contributed by atoms with Gasteiger partial charge in [0.2, 0.25) is 5.88 Å². The average Bonchev–Trinajstić information content (AvgIpc) is 3.13. The Morgan fingerprint density at radius 2 is 1.79 bits per heavy atom. The van der Waals surface area contributed by atoms with Crippen molar-refractivity contribution in [3.8, 4) is 11.6 Å². The van der Waals surface area contributed by atoms with Crippen molar-refractivity contribution in [2.45, 2.75) is 12.8 Å². The van der Waals surface area contributed by atoms with Gasteiger partial charge in [-0.3, -0.25) is 4.98 Å². The molecular weight excluding hydrogens is 384 g/mol. The van der Waals surface area contributed by atoms with Gasteiger partial charge in [-0.2, -0.15) is 9.78 Å². The summed E-state index contributed by atoms with van der Waals surface area (Å²) in [5.41, 5.74) is 2.76. The third-order valence-corrected chi connectivity index (χ3v) is 5.99. The fourth-order valence-corrected chi connectivity index (χ4v) is 4.10. The summed E-state index contributed by atoms with van der Waals surface area (Å²) in [6, 6.07) is 15.8. The minimum absolute atomic E-state index is 0.559. The van der Waals surface area contributed by atoms with Gasteiger partial charge in [-0.25, -0.2) is 0 Å². The highest BCUT2D eigenvalue weighted by molar-refractivity contribution is 6.30. The monoisotopic (exact) mass is 406 g/mol. The van der Waals surface area contributed by atoms with Crippen LogP contribution in [0.1, 0.15) is 12.8 Å². The molecule has 0 N–H and O–H groups in total. The predicted octanol–water partition coefficient (Wildman–Crippen LogP) is 4.95. The highest BCUT2D eigenvalue weighted by Crippen LogP contribution is 2.33. The molecule has 1 saturated heterocycles. The van der Waals surface area contributed by atoms with Crippen LogP contribution in [-0.4, -0.2) is 46.4 Å². The quantitative estimate of drug-likeness (QED) is 0.481. The second kappa shape index (κ2) is 7.65. The van der Waals surface area contributed by atoms with E-state index in [0.717, 1.165) is 59.3 Å². The average molecular weight is 407 g/mol. The van der Waals surface area contributed by atoms with Crippen LogP contribution in [0.5, 0.6) is 5.88 Å². The van der Waals surface area contributed by atoms with Gasteiger partial charge in [0.1, 0.15) is 5.52 Å². The SMILES string of the molecule is CN1CCC(COc2c3cnc4ccccc4c3nn2-c2ccc(Cl)cc2)CC1. The Bertz CT molecular complexity index is 1150. The zero-order valence-electron chi connectivity index (χ0n) is 16.4. The number of piperidine rings is 1. The largest absolute Gasteiger partial charge is 0.477 e. The molecule has 1 fully saturated rings. The number of rotatable bonds is 4. The first kappa shape index (κ1) is 18.4. The molecule has 3 heterocycles. The molecule has 0 saturated carbocycles. The first-order valence-corrected chi connectivity index (χ1v) is 10.4. The smallest absolute Gasteiger partial charge is 0.226 e. The molecule has 0 amide bonds. The summed E-state index contributed by atoms with van der Waals surface area (Å²) in [4.78, 5) is 7.01. The molecule has 5 nitrogen and oxygen atoms in total. The zero-order chi connectivity index (χ0) is 19.8. The number of fused-ring (bicyclic) bond motifs is 3. The summed E-state index contributed by atoms with van der Waals surface area (Å²) in [5, 5.41) is 7.58. The Morgan fingerprint density at radius 3 is 2.59 bits per heavy atom. The molecule has 148 valence electrons. The Labute approximate surface area is 174 Å². The molecule has 4 aromatic rings. The number of benzene rings is 2. The molecule has 0 atom stereocenters. The van der Waals surface area contributed by atoms with Gasteiger partial charge in [0.05, 0.1) is 23.2 Å². The van der Waals surface area contributed by atoms with Crippen molar-refractivity contribution in [1.29, 1.82) is 0 Å². The molecule has 5 rings (SSSR count). The second-order valence-corrected chi connectivity index (χ2v) is 8.23. The minimum Gasteiger partial charge on any atom is -0.477 e. The minimum atomic E-state index is 0.559. The maximum absolute atomic E-state index is 6.41. The highest BCUT2D eigenvalue weighted by atomic mass is 35.5. The van der Waals surface area contributed by atoms with Gasteiger partial charge in [-0.05, 0) is 69.2 Å². The van der Waals surface area contributed by atoms with Crippen molar-refractivity contribution in [3.63, 3.8) is 0 Å². The van der Waals surface area contributed by atoms with Crippen LogP contribution in [-0.2, 0) is 0 Å². The van der Waals surface area contributed by atoms with E-state index in [9.17, 15) is 0 Å². The molecule has 6 heteroatoms. The third kappa shape index (κ3) is 3.56. The van der Waals surface area contributed by atoms with E-state index >= 15 is 0 Å². The van der Waals surface area contributed by atoms with E-state index in [1.54, 1.807) is 0 Å². The van der Waals surface area contributed by atoms with Crippen LogP contribution in [0.25, 0.3) is 27.5 Å². The number of ether oxygens (including phenoxy) is 1. The lowest BCUT2D eigenvalue weighted by atomic mass is 9.98. The van der Waals surface area contributed by atoms with Crippen molar-refractivity contribution in [1.82, 2.24) is 19.7 Å². The van der Waals surface area contributed by atoms with Crippen molar-refractivity contribution in [2.75, 3.05) is 26.7 Å². The lowest BCUT2D eigenvalue weighted by Crippen LogP contribution is -2.32. The molecule has 1 aliphatic heterocycles. The fraction of sp³-hybridized carbons (Fsp3) is 0.304. The van der Waals surface area contributed by atoms with Crippen molar-refractivity contribution >= 4 is 33.4 Å². The van der Waals surface area contributed by atoms with Gasteiger partial charge in [0.25, 0.3) is 0 Å². The summed E-state index contributed by atoms with van der Waals surface area (Å²) in [6.07, 6.45) is 4.19. The van der Waals surface area contributed by atoms with E-state index in [1.807, 2.05) is 53.3 Å². The van der Waals surface area contributed by atoms with Gasteiger partial charge >= 0.3 is 0 Å². The standard InChI is InChI=1S/C23H23ClN4O/c1-27-12-10-16(11-13-27)15-29-23-20-14-25-21-5-3-2-4-19(21)22(20)26-28(23)18-8-6-17(24)7-9-18/h2-9,14,16H,10-13,15H2,1H3. The van der Waals surface area contributed by atoms with Crippen molar-refractivity contribution < 1.29 is 4.74 Å². The zero-order valence-corrected chi connectivity index (χ0v) is 17.1. The van der Waals surface area contributed by atoms with Gasteiger partial charge < -0.3 is 9.64 Å². The van der Waals surface area contributed by atoms with Crippen LogP contribution in [0.2, 0.25) is 5.02 Å². The molecule has 0 radical (unpaired) electrons. The van der Waals surface area contributed by atoms with E-state index in [4.69, 9.17) is 21.4 Å². The molecule has 0 aliphatic carbocycles. The summed E-state index contributed by atoms with van der Waals surface area (Å²) >= 11 is 6.10. The van der Waals surface area contributed by atoms with Gasteiger partial charge in [-0.1, -0.05) is 29.8 Å². The molecule has 2 aromatic carbocycles. The Hall–Kier alpha value is -2.63. The van der Waals surface area contributed by atoms with Crippen LogP contribution in [0.3, 0.4) is 0 Å². The van der Waals surface area contributed by atoms with E-state index in [-0.39, 0.29) is 0 Å². The van der Waals surface area contributed by atoms with E-state index in [2.05, 4.69) is 23.0 Å². The number of likely N-dealkylation sites (tertiary alicyclic amines) is 1. The summed E-state index contributed by atoms with van der Waals surface area (Å²) in [6.45, 7) is 2.93. The topological polar surface area (TPSA) is 43.2 Å². The van der Waals surface area contributed by atoms with E-state index in [0.29, 0.717) is 17.5 Å². The van der Waals surface area contributed by atoms with Crippen molar-refractivity contribution in [2.24, 2.45) is 5.92 Å². The number of hydrogen-bond donors (Lipinski definition) is 0. The molecule has 1 aliphatic rings. The van der Waals surface area contributed by atoms with Gasteiger partial charge in [-0.15, -0.1) is 0 Å². The first-order chi connectivity index (χ1) is 14.2. The number of hydrogen-bond acceptors (Lipinski definition) is 4. The maximum Gasteiger partial charge on any atom is 0.226 e. The second-order valence-electron chi connectivity index (χ2n) is 7.79. The molecule has 0 spiro atoms. The number of pyridine rings is 1. The van der Waals surface area contributed by atoms with E-state index in [1.165, 1.54) is 0 Å².